The zero-order chi connectivity index (χ0) is 18.4. The standard InChI is InChI=1S/C11H22O2Si.2C5H10.Ti/c1-7-10(12)9(3)11(8-2)13-14(4,5)6;2*1-2-4-5-3-1;/h7-10,12H,1H2,2-6H3;2*1-5H2;/q;;;+2/b11-8-;;;/t9-,10-;;;/m0.../s1. The molecule has 0 unspecified atom stereocenters. The maximum Gasteiger partial charge on any atom is 2.00 e. The van der Waals surface area contributed by atoms with E-state index >= 15 is 0 Å². The Balaban J connectivity index is 0. The Labute approximate surface area is 173 Å². The Bertz CT molecular complexity index is 317. The van der Waals surface area contributed by atoms with Crippen molar-refractivity contribution in [2.24, 2.45) is 5.92 Å². The molecule has 0 heterocycles. The van der Waals surface area contributed by atoms with Crippen molar-refractivity contribution in [3.8, 4) is 0 Å². The summed E-state index contributed by atoms with van der Waals surface area (Å²) in [6, 6.07) is 0. The molecule has 2 aliphatic carbocycles. The molecule has 2 rings (SSSR count). The molecule has 2 nitrogen and oxygen atoms in total. The second-order valence-electron chi connectivity index (χ2n) is 7.96. The van der Waals surface area contributed by atoms with Gasteiger partial charge in [-0.25, -0.2) is 0 Å². The van der Waals surface area contributed by atoms with E-state index in [2.05, 4.69) is 26.2 Å². The molecule has 2 saturated carbocycles. The third-order valence-electron chi connectivity index (χ3n) is 4.41. The van der Waals surface area contributed by atoms with E-state index in [9.17, 15) is 5.11 Å². The molecule has 0 amide bonds. The molecule has 0 aromatic heterocycles. The molecule has 2 atom stereocenters. The topological polar surface area (TPSA) is 29.5 Å². The molecule has 4 heteroatoms. The van der Waals surface area contributed by atoms with Gasteiger partial charge in [-0.05, 0) is 26.6 Å². The zero-order valence-electron chi connectivity index (χ0n) is 17.4. The van der Waals surface area contributed by atoms with Gasteiger partial charge in [-0.15, -0.1) is 6.58 Å². The minimum absolute atomic E-state index is 0. The van der Waals surface area contributed by atoms with Crippen LogP contribution in [-0.4, -0.2) is 19.5 Å². The van der Waals surface area contributed by atoms with Crippen LogP contribution in [0.5, 0.6) is 0 Å². The second-order valence-corrected chi connectivity index (χ2v) is 12.4. The molecule has 0 aromatic rings. The van der Waals surface area contributed by atoms with Gasteiger partial charge < -0.3 is 9.53 Å². The van der Waals surface area contributed by atoms with Crippen molar-refractivity contribution >= 4 is 8.32 Å². The van der Waals surface area contributed by atoms with Gasteiger partial charge in [0.1, 0.15) is 0 Å². The van der Waals surface area contributed by atoms with Gasteiger partial charge in [0.25, 0.3) is 0 Å². The summed E-state index contributed by atoms with van der Waals surface area (Å²) in [6.45, 7) is 13.8. The average molecular weight is 403 g/mol. The minimum atomic E-state index is -1.58. The Morgan fingerprint density at radius 2 is 1.24 bits per heavy atom. The quantitative estimate of drug-likeness (QED) is 0.310. The van der Waals surface area contributed by atoms with Crippen molar-refractivity contribution in [2.75, 3.05) is 0 Å². The third-order valence-corrected chi connectivity index (χ3v) is 5.26. The summed E-state index contributed by atoms with van der Waals surface area (Å²) in [7, 11) is -1.58. The van der Waals surface area contributed by atoms with Crippen LogP contribution in [0.15, 0.2) is 24.5 Å². The summed E-state index contributed by atoms with van der Waals surface area (Å²) in [5.74, 6) is 0.862. The Morgan fingerprint density at radius 3 is 1.44 bits per heavy atom. The monoisotopic (exact) mass is 402 g/mol. The summed E-state index contributed by atoms with van der Waals surface area (Å²) in [6.07, 6.45) is 17.9. The number of aliphatic hydroxyl groups is 1. The molecular weight excluding hydrogens is 360 g/mol. The van der Waals surface area contributed by atoms with E-state index in [0.717, 1.165) is 5.76 Å². The van der Waals surface area contributed by atoms with Gasteiger partial charge >= 0.3 is 21.7 Å². The summed E-state index contributed by atoms with van der Waals surface area (Å²) >= 11 is 0. The van der Waals surface area contributed by atoms with Crippen molar-refractivity contribution in [3.05, 3.63) is 24.5 Å². The van der Waals surface area contributed by atoms with Gasteiger partial charge in [0.15, 0.2) is 0 Å². The van der Waals surface area contributed by atoms with E-state index in [1.54, 1.807) is 6.08 Å². The van der Waals surface area contributed by atoms with E-state index < -0.39 is 14.4 Å². The Morgan fingerprint density at radius 1 is 0.920 bits per heavy atom. The van der Waals surface area contributed by atoms with Crippen molar-refractivity contribution in [1.29, 1.82) is 0 Å². The van der Waals surface area contributed by atoms with Crippen molar-refractivity contribution in [3.63, 3.8) is 0 Å². The fraction of sp³-hybridized carbons (Fsp3) is 0.810. The fourth-order valence-corrected chi connectivity index (χ4v) is 3.92. The van der Waals surface area contributed by atoms with Gasteiger partial charge in [-0.3, -0.25) is 0 Å². The molecule has 25 heavy (non-hydrogen) atoms. The van der Waals surface area contributed by atoms with Crippen molar-refractivity contribution in [2.45, 2.75) is 104 Å². The molecule has 0 spiro atoms. The van der Waals surface area contributed by atoms with E-state index in [0.29, 0.717) is 0 Å². The first-order valence-electron chi connectivity index (χ1n) is 9.97. The van der Waals surface area contributed by atoms with Crippen LogP contribution in [0.4, 0.5) is 0 Å². The van der Waals surface area contributed by atoms with Crippen LogP contribution in [0, 0.1) is 5.92 Å². The molecule has 0 aliphatic heterocycles. The van der Waals surface area contributed by atoms with Gasteiger partial charge in [0, 0.05) is 5.92 Å². The van der Waals surface area contributed by atoms with E-state index in [-0.39, 0.29) is 27.6 Å². The largest absolute Gasteiger partial charge is 2.00 e. The van der Waals surface area contributed by atoms with E-state index in [4.69, 9.17) is 4.43 Å². The van der Waals surface area contributed by atoms with Crippen LogP contribution in [0.2, 0.25) is 19.6 Å². The Hall–Kier alpha value is 0.171. The molecule has 0 saturated heterocycles. The van der Waals surface area contributed by atoms with Gasteiger partial charge in [0.2, 0.25) is 8.32 Å². The normalized spacial score (nSPS) is 19.4. The molecule has 0 bridgehead atoms. The van der Waals surface area contributed by atoms with Crippen molar-refractivity contribution in [1.82, 2.24) is 0 Å². The second kappa shape index (κ2) is 16.4. The molecule has 144 valence electrons. The molecule has 0 radical (unpaired) electrons. The molecule has 0 aromatic carbocycles. The smallest absolute Gasteiger partial charge is 0.547 e. The summed E-state index contributed by atoms with van der Waals surface area (Å²) in [5, 5.41) is 9.60. The van der Waals surface area contributed by atoms with Gasteiger partial charge in [-0.1, -0.05) is 83.3 Å². The van der Waals surface area contributed by atoms with Crippen LogP contribution < -0.4 is 0 Å². The summed E-state index contributed by atoms with van der Waals surface area (Å²) in [4.78, 5) is 0. The van der Waals surface area contributed by atoms with Crippen LogP contribution in [0.1, 0.15) is 78.1 Å². The Kier molecular flexibility index (Phi) is 17.9. The average Bonchev–Trinajstić information content (AvgIpc) is 3.27. The number of allylic oxidation sites excluding steroid dienone is 1. The molecular formula is C21H42O2SiTi+2. The number of rotatable bonds is 5. The van der Waals surface area contributed by atoms with Crippen LogP contribution in [0.3, 0.4) is 0 Å². The van der Waals surface area contributed by atoms with Crippen LogP contribution in [-0.2, 0) is 26.1 Å². The number of aliphatic hydroxyl groups excluding tert-OH is 1. The predicted molar refractivity (Wildman–Crippen MR) is 110 cm³/mol. The maximum absolute atomic E-state index is 9.60. The molecule has 1 N–H and O–H groups in total. The summed E-state index contributed by atoms with van der Waals surface area (Å²) in [5.41, 5.74) is 0. The maximum atomic E-state index is 9.60. The van der Waals surface area contributed by atoms with E-state index in [1.807, 2.05) is 19.9 Å². The first-order valence-corrected chi connectivity index (χ1v) is 13.4. The van der Waals surface area contributed by atoms with Crippen LogP contribution in [0.25, 0.3) is 0 Å². The predicted octanol–water partition coefficient (Wildman–Crippen LogP) is 6.82. The van der Waals surface area contributed by atoms with E-state index in [1.165, 1.54) is 64.2 Å². The minimum Gasteiger partial charge on any atom is -0.547 e. The summed E-state index contributed by atoms with van der Waals surface area (Å²) < 4.78 is 5.86. The van der Waals surface area contributed by atoms with Crippen LogP contribution >= 0.6 is 0 Å². The zero-order valence-corrected chi connectivity index (χ0v) is 20.0. The number of hydrogen-bond acceptors (Lipinski definition) is 2. The van der Waals surface area contributed by atoms with Gasteiger partial charge in [-0.2, -0.15) is 0 Å². The SMILES string of the molecule is C1CCCC1.C1CCCC1.C=C[C@H](O)[C@H](C)/C(=C/C)O[Si](C)(C)C.[Ti+2]. The fourth-order valence-electron chi connectivity index (χ4n) is 2.91. The molecule has 2 aliphatic rings. The first-order chi connectivity index (χ1) is 11.3. The first kappa shape index (κ1) is 27.4. The molecule has 2 fully saturated rings. The van der Waals surface area contributed by atoms with Gasteiger partial charge in [0.05, 0.1) is 11.9 Å². The number of hydrogen-bond donors (Lipinski definition) is 1. The van der Waals surface area contributed by atoms with Crippen molar-refractivity contribution < 1.29 is 31.3 Å². The third kappa shape index (κ3) is 16.1.